The Bertz CT molecular complexity index is 2240. The first-order valence-electron chi connectivity index (χ1n) is 17.3. The molecule has 7 rings (SSSR count). The van der Waals surface area contributed by atoms with Crippen LogP contribution in [0, 0.1) is 0 Å². The van der Waals surface area contributed by atoms with Gasteiger partial charge in [0.05, 0.1) is 0 Å². The van der Waals surface area contributed by atoms with Gasteiger partial charge in [0.25, 0.3) is 0 Å². The van der Waals surface area contributed by atoms with Crippen LogP contribution in [-0.2, 0) is 11.8 Å². The Balaban J connectivity index is 0.000000503. The molecule has 5 aromatic rings. The molecule has 250 valence electrons. The van der Waals surface area contributed by atoms with Crippen molar-refractivity contribution in [2.24, 2.45) is 11.5 Å². The van der Waals surface area contributed by atoms with Gasteiger partial charge in [0.15, 0.2) is 0 Å². The average molecular weight is 661 g/mol. The Morgan fingerprint density at radius 1 is 0.706 bits per heavy atom. The fourth-order valence-electron chi connectivity index (χ4n) is 7.08. The molecular formula is C49H44N2. The van der Waals surface area contributed by atoms with Crippen molar-refractivity contribution >= 4 is 10.8 Å². The van der Waals surface area contributed by atoms with Crippen LogP contribution < -0.4 is 11.5 Å². The van der Waals surface area contributed by atoms with Crippen molar-refractivity contribution in [2.45, 2.75) is 18.3 Å². The third-order valence-corrected chi connectivity index (χ3v) is 9.39. The minimum atomic E-state index is -0.308. The van der Waals surface area contributed by atoms with Gasteiger partial charge in [-0.2, -0.15) is 0 Å². The molecule has 0 saturated heterocycles. The van der Waals surface area contributed by atoms with E-state index in [9.17, 15) is 0 Å². The van der Waals surface area contributed by atoms with Crippen molar-refractivity contribution in [1.82, 2.24) is 0 Å². The maximum Gasteiger partial charge on any atom is 0.0498 e. The van der Waals surface area contributed by atoms with Gasteiger partial charge in [-0.15, -0.1) is 0 Å². The third-order valence-electron chi connectivity index (χ3n) is 9.39. The molecule has 51 heavy (non-hydrogen) atoms. The Morgan fingerprint density at radius 3 is 2.25 bits per heavy atom. The molecular weight excluding hydrogens is 617 g/mol. The van der Waals surface area contributed by atoms with E-state index in [4.69, 9.17) is 11.5 Å². The highest BCUT2D eigenvalue weighted by Gasteiger charge is 2.45. The highest BCUT2D eigenvalue weighted by molar-refractivity contribution is 6.03. The molecule has 1 spiro atoms. The monoisotopic (exact) mass is 660 g/mol. The minimum absolute atomic E-state index is 0.308. The zero-order chi connectivity index (χ0) is 35.5. The molecule has 2 nitrogen and oxygen atoms in total. The van der Waals surface area contributed by atoms with Gasteiger partial charge in [-0.1, -0.05) is 183 Å². The summed E-state index contributed by atoms with van der Waals surface area (Å²) >= 11 is 0. The molecule has 0 aliphatic heterocycles. The average Bonchev–Trinajstić information content (AvgIpc) is 3.44. The van der Waals surface area contributed by atoms with E-state index in [0.717, 1.165) is 12.8 Å². The smallest absolute Gasteiger partial charge is 0.0498 e. The lowest BCUT2D eigenvalue weighted by Crippen LogP contribution is -2.27. The molecule has 0 saturated carbocycles. The highest BCUT2D eigenvalue weighted by atomic mass is 14.5. The van der Waals surface area contributed by atoms with Gasteiger partial charge in [0.1, 0.15) is 0 Å². The van der Waals surface area contributed by atoms with Crippen LogP contribution in [0.2, 0.25) is 0 Å². The first-order chi connectivity index (χ1) is 25.0. The van der Waals surface area contributed by atoms with Gasteiger partial charge in [-0.3, -0.25) is 0 Å². The van der Waals surface area contributed by atoms with Crippen molar-refractivity contribution in [3.8, 4) is 22.3 Å². The van der Waals surface area contributed by atoms with E-state index < -0.39 is 0 Å². The summed E-state index contributed by atoms with van der Waals surface area (Å²) in [5.41, 5.74) is 22.3. The summed E-state index contributed by atoms with van der Waals surface area (Å²) in [6, 6.07) is 40.4. The van der Waals surface area contributed by atoms with E-state index >= 15 is 0 Å². The lowest BCUT2D eigenvalue weighted by molar-refractivity contribution is 0.643. The van der Waals surface area contributed by atoms with Gasteiger partial charge in [-0.05, 0) is 98.1 Å². The molecule has 2 aliphatic carbocycles. The van der Waals surface area contributed by atoms with Gasteiger partial charge >= 0.3 is 0 Å². The third kappa shape index (κ3) is 7.61. The number of benzene rings is 5. The lowest BCUT2D eigenvalue weighted by Gasteiger charge is -2.34. The van der Waals surface area contributed by atoms with Gasteiger partial charge in [0.2, 0.25) is 0 Å². The lowest BCUT2D eigenvalue weighted by atomic mass is 9.68. The summed E-state index contributed by atoms with van der Waals surface area (Å²) in [5.74, 6) is 0. The number of hydrogen-bond acceptors (Lipinski definition) is 2. The molecule has 2 aliphatic rings. The SMILES string of the molecule is C=C(N)/C=C\C=C/N.C=C\C=C/C=C\C1=C\C=C/C=C\CC12c1cc(-c3ccc(Cc4ccccc4)cc3)ccc1-c1c2ccc2ccccc12. The minimum Gasteiger partial charge on any atom is -0.405 e. The topological polar surface area (TPSA) is 52.0 Å². The molecule has 4 N–H and O–H groups in total. The van der Waals surface area contributed by atoms with E-state index in [1.54, 1.807) is 18.2 Å². The summed E-state index contributed by atoms with van der Waals surface area (Å²) in [4.78, 5) is 0. The van der Waals surface area contributed by atoms with E-state index in [-0.39, 0.29) is 5.41 Å². The summed E-state index contributed by atoms with van der Waals surface area (Å²) in [6.45, 7) is 7.28. The molecule has 0 radical (unpaired) electrons. The van der Waals surface area contributed by atoms with Crippen molar-refractivity contribution in [2.75, 3.05) is 0 Å². The van der Waals surface area contributed by atoms with Crippen molar-refractivity contribution < 1.29 is 0 Å². The highest BCUT2D eigenvalue weighted by Crippen LogP contribution is 2.57. The standard InChI is InChI=1S/C43H34.C6H10N2/c1-2-3-4-10-18-37-19-11-5-6-14-29-43(37)40-28-26-35-17-12-13-20-38(35)42(40)39-27-25-36(31-41(39)43)34-23-21-33(22-24-34)30-32-15-8-7-9-16-32;1-6(8)4-2-3-5-7/h2-28,31H,1,29-30H2;2-5H,1,7-8H2/b4-3-,11-5-,14-6-,18-10-,37-19-;4-2-,5-3-. The van der Waals surface area contributed by atoms with Crippen molar-refractivity contribution in [1.29, 1.82) is 0 Å². The number of fused-ring (bicyclic) bond motifs is 7. The Kier molecular flexibility index (Phi) is 11.1. The van der Waals surface area contributed by atoms with E-state index in [2.05, 4.69) is 171 Å². The van der Waals surface area contributed by atoms with Crippen LogP contribution in [0.1, 0.15) is 28.7 Å². The largest absolute Gasteiger partial charge is 0.405 e. The predicted molar refractivity (Wildman–Crippen MR) is 220 cm³/mol. The molecule has 1 unspecified atom stereocenters. The number of rotatable bonds is 8. The number of nitrogens with two attached hydrogens (primary N) is 2. The maximum absolute atomic E-state index is 5.18. The molecule has 0 bridgehead atoms. The second kappa shape index (κ2) is 16.3. The molecule has 0 heterocycles. The second-order valence-corrected chi connectivity index (χ2v) is 12.7. The van der Waals surface area contributed by atoms with Crippen molar-refractivity contribution in [3.63, 3.8) is 0 Å². The van der Waals surface area contributed by atoms with Crippen LogP contribution >= 0.6 is 0 Å². The maximum atomic E-state index is 5.18. The Hall–Kier alpha value is -6.38. The van der Waals surface area contributed by atoms with E-state index in [1.807, 2.05) is 12.2 Å². The Morgan fingerprint density at radius 2 is 1.47 bits per heavy atom. The fraction of sp³-hybridized carbons (Fsp3) is 0.0612. The number of hydrogen-bond donors (Lipinski definition) is 2. The summed E-state index contributed by atoms with van der Waals surface area (Å²) in [7, 11) is 0. The van der Waals surface area contributed by atoms with Crippen molar-refractivity contribution in [3.05, 3.63) is 241 Å². The van der Waals surface area contributed by atoms with E-state index in [1.165, 1.54) is 67.1 Å². The molecule has 0 aromatic heterocycles. The predicted octanol–water partition coefficient (Wildman–Crippen LogP) is 11.6. The first kappa shape index (κ1) is 34.5. The van der Waals surface area contributed by atoms with Crippen LogP contribution in [0.3, 0.4) is 0 Å². The molecule has 0 fully saturated rings. The summed E-state index contributed by atoms with van der Waals surface area (Å²) in [5, 5.41) is 2.59. The molecule has 1 atom stereocenters. The quantitative estimate of drug-likeness (QED) is 0.163. The van der Waals surface area contributed by atoms with Crippen LogP contribution in [0.25, 0.3) is 33.0 Å². The van der Waals surface area contributed by atoms with Crippen LogP contribution in [0.15, 0.2) is 219 Å². The summed E-state index contributed by atoms with van der Waals surface area (Å²) < 4.78 is 0. The Labute approximate surface area is 302 Å². The summed E-state index contributed by atoms with van der Waals surface area (Å²) in [6.07, 6.45) is 29.7. The zero-order valence-corrected chi connectivity index (χ0v) is 29.0. The van der Waals surface area contributed by atoms with E-state index in [0.29, 0.717) is 5.70 Å². The number of allylic oxidation sites excluding steroid dienone is 14. The van der Waals surface area contributed by atoms with Gasteiger partial charge in [-0.25, -0.2) is 0 Å². The fourth-order valence-corrected chi connectivity index (χ4v) is 7.08. The normalized spacial score (nSPS) is 18.5. The molecule has 5 aromatic carbocycles. The van der Waals surface area contributed by atoms with Crippen LogP contribution in [-0.4, -0.2) is 0 Å². The molecule has 0 amide bonds. The van der Waals surface area contributed by atoms with Crippen LogP contribution in [0.4, 0.5) is 0 Å². The van der Waals surface area contributed by atoms with Crippen LogP contribution in [0.5, 0.6) is 0 Å². The molecule has 2 heteroatoms. The van der Waals surface area contributed by atoms with Gasteiger partial charge in [0, 0.05) is 11.1 Å². The first-order valence-corrected chi connectivity index (χ1v) is 17.3. The zero-order valence-electron chi connectivity index (χ0n) is 29.0. The van der Waals surface area contributed by atoms with Gasteiger partial charge < -0.3 is 11.5 Å². The second-order valence-electron chi connectivity index (χ2n) is 12.7.